The maximum Gasteiger partial charge on any atom is 0.309 e. The van der Waals surface area contributed by atoms with Crippen molar-refractivity contribution in [1.82, 2.24) is 29.5 Å². The normalized spacial score (nSPS) is 40.5. The first-order valence-electron chi connectivity index (χ1n) is 24.6. The van der Waals surface area contributed by atoms with Crippen molar-refractivity contribution < 1.29 is 62.4 Å². The summed E-state index contributed by atoms with van der Waals surface area (Å²) in [5.41, 5.74) is -2.91. The number of cyclic esters (lactones) is 1. The summed E-state index contributed by atoms with van der Waals surface area (Å²) in [7, 11) is 3.09. The number of aromatic nitrogens is 3. The highest BCUT2D eigenvalue weighted by atomic mass is 32.2. The summed E-state index contributed by atoms with van der Waals surface area (Å²) in [4.78, 5) is 18.7. The predicted octanol–water partition coefficient (Wildman–Crippen LogP) is 2.34. The van der Waals surface area contributed by atoms with E-state index in [4.69, 9.17) is 23.7 Å². The molecule has 0 bridgehead atoms. The van der Waals surface area contributed by atoms with Crippen LogP contribution in [-0.4, -0.2) is 190 Å². The number of methoxy groups -OCH3 is 1. The van der Waals surface area contributed by atoms with Gasteiger partial charge in [0.15, 0.2) is 6.29 Å². The van der Waals surface area contributed by atoms with Crippen LogP contribution in [0, 0.1) is 23.7 Å². The zero-order chi connectivity index (χ0) is 51.6. The Morgan fingerprint density at radius 2 is 1.64 bits per heavy atom. The number of ether oxygens (including phenoxy) is 5. The van der Waals surface area contributed by atoms with Gasteiger partial charge in [0.05, 0.1) is 58.7 Å². The van der Waals surface area contributed by atoms with Crippen LogP contribution < -0.4 is 4.72 Å². The average molecular weight is 997 g/mol. The smallest absolute Gasteiger partial charge is 0.309 e. The highest BCUT2D eigenvalue weighted by molar-refractivity contribution is 7.89. The van der Waals surface area contributed by atoms with Gasteiger partial charge in [0.2, 0.25) is 10.0 Å². The first-order valence-corrected chi connectivity index (χ1v) is 26.1. The van der Waals surface area contributed by atoms with Gasteiger partial charge in [-0.05, 0) is 111 Å². The van der Waals surface area contributed by atoms with Gasteiger partial charge in [0.25, 0.3) is 0 Å². The lowest BCUT2D eigenvalue weighted by Gasteiger charge is -2.51. The molecule has 19 nitrogen and oxygen atoms in total. The number of benzene rings is 1. The SMILES string of the molecule is CC[C@H]1OC(=O)[C@H](C)[C@@H](C2C[C@@](C)(OC)[C@@H](O)[C@H](C)O2)[C@H](C)[C@@H](O[C@@H]2O[C@H](C)C[C@H](N(C)CCc3cn(Cc4ccc(S(=O)(=O)NC)cc4)nn3)[C@H]2O)[C@](C)(O)C[C@@H](C)CN(C)[C@H](C)[C@@H](O)[C@]1(C)O. The Morgan fingerprint density at radius 1 is 0.986 bits per heavy atom. The molecule has 1 aromatic carbocycles. The van der Waals surface area contributed by atoms with E-state index < -0.39 is 112 Å². The van der Waals surface area contributed by atoms with Crippen molar-refractivity contribution in [2.45, 2.75) is 197 Å². The van der Waals surface area contributed by atoms with Crippen LogP contribution in [0.25, 0.3) is 0 Å². The number of likely N-dealkylation sites (N-methyl/N-ethyl adjacent to an activating group) is 2. The van der Waals surface area contributed by atoms with E-state index in [1.807, 2.05) is 50.9 Å². The molecule has 0 radical (unpaired) electrons. The maximum absolute atomic E-state index is 14.6. The molecule has 0 saturated carbocycles. The number of esters is 1. The number of nitrogens with one attached hydrogen (secondary N) is 1. The molecule has 0 amide bonds. The number of carbonyl (C=O) groups is 1. The topological polar surface area (TPSA) is 248 Å². The van der Waals surface area contributed by atoms with E-state index in [0.717, 1.165) is 11.3 Å². The van der Waals surface area contributed by atoms with Gasteiger partial charge in [0, 0.05) is 57.2 Å². The van der Waals surface area contributed by atoms with Gasteiger partial charge in [-0.2, -0.15) is 0 Å². The number of nitrogens with zero attached hydrogens (tertiary/aromatic N) is 5. The van der Waals surface area contributed by atoms with Gasteiger partial charge in [0.1, 0.15) is 30.0 Å². The molecule has 0 spiro atoms. The Morgan fingerprint density at radius 3 is 2.25 bits per heavy atom. The fourth-order valence-corrected chi connectivity index (χ4v) is 12.0. The van der Waals surface area contributed by atoms with Gasteiger partial charge in [-0.15, -0.1) is 5.10 Å². The molecule has 69 heavy (non-hydrogen) atoms. The molecule has 6 N–H and O–H groups in total. The van der Waals surface area contributed by atoms with Crippen molar-refractivity contribution in [1.29, 1.82) is 0 Å². The van der Waals surface area contributed by atoms with Gasteiger partial charge >= 0.3 is 5.97 Å². The minimum absolute atomic E-state index is 0.169. The summed E-state index contributed by atoms with van der Waals surface area (Å²) in [6.45, 7) is 19.2. The lowest BCUT2D eigenvalue weighted by molar-refractivity contribution is -0.302. The number of aliphatic hydroxyl groups excluding tert-OH is 3. The third-order valence-electron chi connectivity index (χ3n) is 15.6. The molecule has 4 heterocycles. The van der Waals surface area contributed by atoms with Gasteiger partial charge in [-0.25, -0.2) is 17.8 Å². The average Bonchev–Trinajstić information content (AvgIpc) is 3.74. The van der Waals surface area contributed by atoms with E-state index in [2.05, 4.69) is 15.0 Å². The second kappa shape index (κ2) is 23.0. The van der Waals surface area contributed by atoms with Crippen molar-refractivity contribution in [2.24, 2.45) is 23.7 Å². The Kier molecular flexibility index (Phi) is 19.1. The summed E-state index contributed by atoms with van der Waals surface area (Å²) in [5.74, 6) is -3.20. The van der Waals surface area contributed by atoms with E-state index >= 15 is 0 Å². The summed E-state index contributed by atoms with van der Waals surface area (Å²) >= 11 is 0. The quantitative estimate of drug-likeness (QED) is 0.158. The fraction of sp³-hybridized carbons (Fsp3) is 0.816. The van der Waals surface area contributed by atoms with Crippen LogP contribution in [0.3, 0.4) is 0 Å². The standard InChI is InChI=1S/C49H84N6O13S/c1-15-39-49(10,61)42(57)32(6)54(13)25-28(2)23-47(8,60)44(30(4)40(31(5)45(59)67-39)38-24-48(9,64-14)43(58)33(7)66-38)68-46-41(56)37(22-29(3)65-46)53(12)21-20-35-27-55(52-51-35)26-34-16-18-36(19-17-34)69(62,63)50-11/h16-19,27-33,37-44,46,50,56-58,60-61H,15,20-26H2,1-14H3/t28-,29-,30+,31-,32-,33+,37+,38?,39-,40+,41-,42-,43+,44-,46+,47-,48-,49-/m1/s1. The number of rotatable bonds is 13. The van der Waals surface area contributed by atoms with Gasteiger partial charge < -0.3 is 59.0 Å². The van der Waals surface area contributed by atoms with Crippen LogP contribution in [0.2, 0.25) is 0 Å². The van der Waals surface area contributed by atoms with E-state index in [-0.39, 0.29) is 36.2 Å². The molecule has 3 aliphatic heterocycles. The van der Waals surface area contributed by atoms with Crippen molar-refractivity contribution in [3.63, 3.8) is 0 Å². The Hall–Kier alpha value is -2.70. The summed E-state index contributed by atoms with van der Waals surface area (Å²) in [5, 5.41) is 68.6. The van der Waals surface area contributed by atoms with Crippen LogP contribution in [0.15, 0.2) is 35.4 Å². The molecule has 3 saturated heterocycles. The van der Waals surface area contributed by atoms with Gasteiger partial charge in [-0.1, -0.05) is 45.0 Å². The zero-order valence-electron chi connectivity index (χ0n) is 43.4. The molecule has 3 fully saturated rings. The predicted molar refractivity (Wildman–Crippen MR) is 257 cm³/mol. The minimum atomic E-state index is -3.56. The molecule has 5 rings (SSSR count). The first kappa shape index (κ1) is 57.2. The Labute approximate surface area is 410 Å². The van der Waals surface area contributed by atoms with Crippen LogP contribution >= 0.6 is 0 Å². The van der Waals surface area contributed by atoms with Crippen LogP contribution in [0.1, 0.15) is 106 Å². The van der Waals surface area contributed by atoms with Crippen LogP contribution in [-0.2, 0) is 51.5 Å². The number of carbonyl (C=O) groups excluding carboxylic acids is 1. The van der Waals surface area contributed by atoms with Crippen molar-refractivity contribution in [3.8, 4) is 0 Å². The minimum Gasteiger partial charge on any atom is -0.459 e. The zero-order valence-corrected chi connectivity index (χ0v) is 44.2. The molecule has 20 heteroatoms. The summed E-state index contributed by atoms with van der Waals surface area (Å²) in [6.07, 6.45) is -5.18. The molecular weight excluding hydrogens is 913 g/mol. The molecule has 394 valence electrons. The molecule has 0 aliphatic carbocycles. The monoisotopic (exact) mass is 997 g/mol. The summed E-state index contributed by atoms with van der Waals surface area (Å²) < 4.78 is 60.4. The molecule has 1 unspecified atom stereocenters. The van der Waals surface area contributed by atoms with E-state index in [1.165, 1.54) is 21.1 Å². The van der Waals surface area contributed by atoms with Crippen molar-refractivity contribution in [2.75, 3.05) is 41.3 Å². The van der Waals surface area contributed by atoms with Crippen molar-refractivity contribution >= 4 is 16.0 Å². The van der Waals surface area contributed by atoms with Crippen molar-refractivity contribution in [3.05, 3.63) is 41.7 Å². The fourth-order valence-electron chi connectivity index (χ4n) is 11.3. The van der Waals surface area contributed by atoms with Gasteiger partial charge in [-0.3, -0.25) is 4.79 Å². The van der Waals surface area contributed by atoms with Crippen LogP contribution in [0.4, 0.5) is 0 Å². The Bertz CT molecular complexity index is 2080. The first-order chi connectivity index (χ1) is 32.1. The van der Waals surface area contributed by atoms with E-state index in [0.29, 0.717) is 32.5 Å². The molecule has 2 aromatic rings. The van der Waals surface area contributed by atoms with Crippen LogP contribution in [0.5, 0.6) is 0 Å². The highest BCUT2D eigenvalue weighted by Crippen LogP contribution is 2.45. The lowest BCUT2D eigenvalue weighted by Crippen LogP contribution is -2.62. The molecule has 3 aliphatic rings. The molecular formula is C49H84N6O13S. The second-order valence-corrected chi connectivity index (χ2v) is 23.2. The maximum atomic E-state index is 14.6. The highest BCUT2D eigenvalue weighted by Gasteiger charge is 2.55. The number of hydrogen-bond acceptors (Lipinski definition) is 17. The Balaban J connectivity index is 1.45. The molecule has 18 atom stereocenters. The third kappa shape index (κ3) is 13.1. The lowest BCUT2D eigenvalue weighted by atomic mass is 9.68. The van der Waals surface area contributed by atoms with E-state index in [1.54, 1.807) is 70.5 Å². The number of hydrogen-bond donors (Lipinski definition) is 6. The third-order valence-corrected chi connectivity index (χ3v) is 17.0. The number of aliphatic hydroxyl groups is 5. The molecule has 1 aromatic heterocycles. The second-order valence-electron chi connectivity index (χ2n) is 21.3. The summed E-state index contributed by atoms with van der Waals surface area (Å²) in [6, 6.07) is 5.56. The number of sulfonamides is 1. The largest absolute Gasteiger partial charge is 0.459 e. The van der Waals surface area contributed by atoms with E-state index in [9.17, 15) is 38.7 Å².